The van der Waals surface area contributed by atoms with Gasteiger partial charge >= 0.3 is 0 Å². The van der Waals surface area contributed by atoms with Crippen LogP contribution in [0.1, 0.15) is 35.6 Å². The van der Waals surface area contributed by atoms with Crippen molar-refractivity contribution >= 4 is 21.6 Å². The molecular weight excluding hydrogens is 314 g/mol. The number of hydrogen-bond acceptors (Lipinski definition) is 2. The molecule has 0 aliphatic heterocycles. The summed E-state index contributed by atoms with van der Waals surface area (Å²) < 4.78 is 7.13. The summed E-state index contributed by atoms with van der Waals surface area (Å²) in [6.45, 7) is 0.600. The van der Waals surface area contributed by atoms with Crippen LogP contribution in [-0.2, 0) is 17.8 Å². The second-order valence-electron chi connectivity index (χ2n) is 5.28. The molecule has 0 aromatic heterocycles. The summed E-state index contributed by atoms with van der Waals surface area (Å²) in [7, 11) is 0. The lowest BCUT2D eigenvalue weighted by molar-refractivity contribution is 0.0283. The number of nitrogen functional groups attached to an aromatic ring is 1. The van der Waals surface area contributed by atoms with Crippen molar-refractivity contribution in [2.45, 2.75) is 32.0 Å². The molecule has 2 N–H and O–H groups in total. The molecule has 3 heteroatoms. The Morgan fingerprint density at radius 3 is 2.90 bits per heavy atom. The lowest BCUT2D eigenvalue weighted by Gasteiger charge is -2.25. The number of halogens is 1. The van der Waals surface area contributed by atoms with Gasteiger partial charge in [-0.1, -0.05) is 40.2 Å². The molecule has 104 valence electrons. The summed E-state index contributed by atoms with van der Waals surface area (Å²) in [5.41, 5.74) is 10.5. The number of benzene rings is 2. The van der Waals surface area contributed by atoms with Crippen LogP contribution in [0.3, 0.4) is 0 Å². The molecule has 0 spiro atoms. The highest BCUT2D eigenvalue weighted by molar-refractivity contribution is 9.10. The summed E-state index contributed by atoms with van der Waals surface area (Å²) >= 11 is 3.47. The zero-order chi connectivity index (χ0) is 13.9. The lowest BCUT2D eigenvalue weighted by atomic mass is 9.89. The van der Waals surface area contributed by atoms with Crippen molar-refractivity contribution in [3.63, 3.8) is 0 Å². The largest absolute Gasteiger partial charge is 0.399 e. The van der Waals surface area contributed by atoms with Gasteiger partial charge < -0.3 is 10.5 Å². The fourth-order valence-electron chi connectivity index (χ4n) is 2.84. The molecule has 2 nitrogen and oxygen atoms in total. The number of ether oxygens (including phenoxy) is 1. The molecule has 0 fully saturated rings. The van der Waals surface area contributed by atoms with Gasteiger partial charge in [0.1, 0.15) is 0 Å². The minimum absolute atomic E-state index is 0.208. The summed E-state index contributed by atoms with van der Waals surface area (Å²) in [6.07, 6.45) is 3.67. The standard InChI is InChI=1S/C17H18BrNO/c18-14-8-12(9-15(19)10-14)11-20-17-7-3-5-13-4-1-2-6-16(13)17/h1-2,4,6,8-10,17H,3,5,7,11,19H2. The average molecular weight is 332 g/mol. The van der Waals surface area contributed by atoms with E-state index in [4.69, 9.17) is 10.5 Å². The zero-order valence-electron chi connectivity index (χ0n) is 11.3. The molecule has 0 amide bonds. The fourth-order valence-corrected chi connectivity index (χ4v) is 3.40. The van der Waals surface area contributed by atoms with E-state index in [9.17, 15) is 0 Å². The van der Waals surface area contributed by atoms with Crippen LogP contribution in [0.25, 0.3) is 0 Å². The summed E-state index contributed by atoms with van der Waals surface area (Å²) in [5, 5.41) is 0. The molecule has 0 bridgehead atoms. The van der Waals surface area contributed by atoms with Gasteiger partial charge in [-0.3, -0.25) is 0 Å². The van der Waals surface area contributed by atoms with Crippen LogP contribution in [0.2, 0.25) is 0 Å². The van der Waals surface area contributed by atoms with Gasteiger partial charge in [0.25, 0.3) is 0 Å². The second kappa shape index (κ2) is 5.98. The number of hydrogen-bond donors (Lipinski definition) is 1. The van der Waals surface area contributed by atoms with Crippen molar-refractivity contribution in [1.29, 1.82) is 0 Å². The Hall–Kier alpha value is -1.32. The van der Waals surface area contributed by atoms with Crippen molar-refractivity contribution < 1.29 is 4.74 Å². The van der Waals surface area contributed by atoms with Crippen molar-refractivity contribution in [2.24, 2.45) is 0 Å². The molecule has 1 atom stereocenters. The third kappa shape index (κ3) is 3.05. The third-order valence-electron chi connectivity index (χ3n) is 3.75. The van der Waals surface area contributed by atoms with E-state index in [-0.39, 0.29) is 6.10 Å². The van der Waals surface area contributed by atoms with Crippen LogP contribution < -0.4 is 5.73 Å². The monoisotopic (exact) mass is 331 g/mol. The smallest absolute Gasteiger partial charge is 0.0832 e. The van der Waals surface area contributed by atoms with Gasteiger partial charge in [-0.05, 0) is 54.2 Å². The number of rotatable bonds is 3. The number of anilines is 1. The highest BCUT2D eigenvalue weighted by Gasteiger charge is 2.20. The summed E-state index contributed by atoms with van der Waals surface area (Å²) in [5.74, 6) is 0. The first-order valence-corrected chi connectivity index (χ1v) is 7.76. The van der Waals surface area contributed by atoms with Crippen molar-refractivity contribution in [1.82, 2.24) is 0 Å². The molecule has 1 aliphatic carbocycles. The van der Waals surface area contributed by atoms with Crippen LogP contribution in [-0.4, -0.2) is 0 Å². The van der Waals surface area contributed by atoms with Crippen molar-refractivity contribution in [3.8, 4) is 0 Å². The van der Waals surface area contributed by atoms with E-state index in [1.807, 2.05) is 12.1 Å². The van der Waals surface area contributed by atoms with E-state index >= 15 is 0 Å². The van der Waals surface area contributed by atoms with Gasteiger partial charge in [0.2, 0.25) is 0 Å². The van der Waals surface area contributed by atoms with Crippen molar-refractivity contribution in [2.75, 3.05) is 5.73 Å². The molecule has 3 rings (SSSR count). The maximum atomic E-state index is 6.13. The maximum Gasteiger partial charge on any atom is 0.0832 e. The normalized spacial score (nSPS) is 17.8. The predicted octanol–water partition coefficient (Wildman–Crippen LogP) is 4.63. The molecule has 0 radical (unpaired) electrons. The Kier molecular flexibility index (Phi) is 4.08. The van der Waals surface area contributed by atoms with Crippen LogP contribution in [0.5, 0.6) is 0 Å². The minimum Gasteiger partial charge on any atom is -0.399 e. The second-order valence-corrected chi connectivity index (χ2v) is 6.20. The van der Waals surface area contributed by atoms with Crippen LogP contribution in [0.4, 0.5) is 5.69 Å². The zero-order valence-corrected chi connectivity index (χ0v) is 12.9. The molecule has 2 aromatic carbocycles. The highest BCUT2D eigenvalue weighted by Crippen LogP contribution is 2.33. The first kappa shape index (κ1) is 13.7. The third-order valence-corrected chi connectivity index (χ3v) is 4.20. The van der Waals surface area contributed by atoms with E-state index in [0.29, 0.717) is 6.61 Å². The van der Waals surface area contributed by atoms with Gasteiger partial charge in [0.05, 0.1) is 12.7 Å². The molecular formula is C17H18BrNO. The average Bonchev–Trinajstić information content (AvgIpc) is 2.44. The van der Waals surface area contributed by atoms with E-state index < -0.39 is 0 Å². The van der Waals surface area contributed by atoms with E-state index in [1.54, 1.807) is 0 Å². The first-order valence-electron chi connectivity index (χ1n) is 6.97. The summed E-state index contributed by atoms with van der Waals surface area (Å²) in [4.78, 5) is 0. The van der Waals surface area contributed by atoms with Gasteiger partial charge in [-0.2, -0.15) is 0 Å². The Balaban J connectivity index is 1.73. The van der Waals surface area contributed by atoms with Gasteiger partial charge in [0.15, 0.2) is 0 Å². The van der Waals surface area contributed by atoms with E-state index in [1.165, 1.54) is 24.0 Å². The number of nitrogens with two attached hydrogens (primary N) is 1. The van der Waals surface area contributed by atoms with Crippen LogP contribution >= 0.6 is 15.9 Å². The lowest BCUT2D eigenvalue weighted by Crippen LogP contribution is -2.12. The van der Waals surface area contributed by atoms with E-state index in [2.05, 4.69) is 46.3 Å². The number of aryl methyl sites for hydroxylation is 1. The molecule has 1 aliphatic rings. The fraction of sp³-hybridized carbons (Fsp3) is 0.294. The molecule has 0 saturated heterocycles. The molecule has 1 unspecified atom stereocenters. The van der Waals surface area contributed by atoms with Gasteiger partial charge in [-0.25, -0.2) is 0 Å². The Morgan fingerprint density at radius 1 is 1.20 bits per heavy atom. The topological polar surface area (TPSA) is 35.2 Å². The maximum absolute atomic E-state index is 6.13. The summed E-state index contributed by atoms with van der Waals surface area (Å²) in [6, 6.07) is 14.5. The highest BCUT2D eigenvalue weighted by atomic mass is 79.9. The Morgan fingerprint density at radius 2 is 2.05 bits per heavy atom. The Bertz CT molecular complexity index is 591. The Labute approximate surface area is 128 Å². The van der Waals surface area contributed by atoms with Crippen molar-refractivity contribution in [3.05, 3.63) is 63.6 Å². The molecule has 0 saturated carbocycles. The first-order chi connectivity index (χ1) is 9.72. The SMILES string of the molecule is Nc1cc(Br)cc(COC2CCCc3ccccc32)c1. The number of fused-ring (bicyclic) bond motifs is 1. The van der Waals surface area contributed by atoms with Crippen LogP contribution in [0, 0.1) is 0 Å². The predicted molar refractivity (Wildman–Crippen MR) is 85.5 cm³/mol. The van der Waals surface area contributed by atoms with Crippen LogP contribution in [0.15, 0.2) is 46.9 Å². The molecule has 20 heavy (non-hydrogen) atoms. The minimum atomic E-state index is 0.208. The molecule has 0 heterocycles. The van der Waals surface area contributed by atoms with E-state index in [0.717, 1.165) is 22.1 Å². The van der Waals surface area contributed by atoms with Gasteiger partial charge in [-0.15, -0.1) is 0 Å². The quantitative estimate of drug-likeness (QED) is 0.832. The van der Waals surface area contributed by atoms with Gasteiger partial charge in [0, 0.05) is 10.2 Å². The molecule has 2 aromatic rings.